The molecule has 114 valence electrons. The lowest BCUT2D eigenvalue weighted by atomic mass is 9.96. The van der Waals surface area contributed by atoms with Gasteiger partial charge in [-0.1, -0.05) is 26.2 Å². The van der Waals surface area contributed by atoms with E-state index in [4.69, 9.17) is 0 Å². The molecule has 3 nitrogen and oxygen atoms in total. The molecule has 0 saturated carbocycles. The number of likely N-dealkylation sites (tertiary alicyclic amines) is 1. The summed E-state index contributed by atoms with van der Waals surface area (Å²) in [5.74, 6) is 0. The van der Waals surface area contributed by atoms with Gasteiger partial charge in [0.25, 0.3) is 0 Å². The number of aliphatic hydroxyl groups is 1. The Bertz CT molecular complexity index is 229. The SMILES string of the molecule is CCC1CCCCCN1CCCCC(C)(CO)NC. The molecule has 0 aromatic rings. The number of nitrogens with one attached hydrogen (secondary N) is 1. The predicted molar refractivity (Wildman–Crippen MR) is 82.5 cm³/mol. The summed E-state index contributed by atoms with van der Waals surface area (Å²) < 4.78 is 0. The van der Waals surface area contributed by atoms with Gasteiger partial charge in [0.15, 0.2) is 0 Å². The van der Waals surface area contributed by atoms with Crippen molar-refractivity contribution in [3.63, 3.8) is 0 Å². The minimum atomic E-state index is -0.0943. The highest BCUT2D eigenvalue weighted by Gasteiger charge is 2.21. The van der Waals surface area contributed by atoms with Crippen LogP contribution in [0.3, 0.4) is 0 Å². The van der Waals surface area contributed by atoms with E-state index in [-0.39, 0.29) is 12.1 Å². The van der Waals surface area contributed by atoms with Crippen LogP contribution in [0.25, 0.3) is 0 Å². The van der Waals surface area contributed by atoms with E-state index in [0.29, 0.717) is 0 Å². The van der Waals surface area contributed by atoms with Crippen molar-refractivity contribution in [1.82, 2.24) is 10.2 Å². The molecule has 0 amide bonds. The van der Waals surface area contributed by atoms with E-state index in [2.05, 4.69) is 24.1 Å². The van der Waals surface area contributed by atoms with Crippen molar-refractivity contribution in [3.8, 4) is 0 Å². The highest BCUT2D eigenvalue weighted by atomic mass is 16.3. The Morgan fingerprint density at radius 2 is 2.05 bits per heavy atom. The molecule has 0 spiro atoms. The lowest BCUT2D eigenvalue weighted by Crippen LogP contribution is -2.43. The summed E-state index contributed by atoms with van der Waals surface area (Å²) in [7, 11) is 1.94. The first-order chi connectivity index (χ1) is 9.15. The van der Waals surface area contributed by atoms with Crippen molar-refractivity contribution in [3.05, 3.63) is 0 Å². The van der Waals surface area contributed by atoms with Crippen LogP contribution in [0.15, 0.2) is 0 Å². The third kappa shape index (κ3) is 5.80. The first-order valence-electron chi connectivity index (χ1n) is 8.19. The van der Waals surface area contributed by atoms with E-state index >= 15 is 0 Å². The Kier molecular flexibility index (Phi) is 7.96. The van der Waals surface area contributed by atoms with Gasteiger partial charge >= 0.3 is 0 Å². The van der Waals surface area contributed by atoms with Gasteiger partial charge in [-0.3, -0.25) is 0 Å². The molecule has 1 heterocycles. The molecule has 1 rings (SSSR count). The van der Waals surface area contributed by atoms with Crippen LogP contribution in [0.5, 0.6) is 0 Å². The zero-order valence-corrected chi connectivity index (χ0v) is 13.2. The topological polar surface area (TPSA) is 35.5 Å². The normalized spacial score (nSPS) is 24.9. The molecule has 0 aliphatic carbocycles. The lowest BCUT2D eigenvalue weighted by Gasteiger charge is -2.30. The summed E-state index contributed by atoms with van der Waals surface area (Å²) in [4.78, 5) is 2.71. The Hall–Kier alpha value is -0.120. The second-order valence-electron chi connectivity index (χ2n) is 6.37. The molecule has 1 aliphatic heterocycles. The van der Waals surface area contributed by atoms with E-state index in [1.54, 1.807) is 0 Å². The number of nitrogens with zero attached hydrogens (tertiary/aromatic N) is 1. The minimum Gasteiger partial charge on any atom is -0.394 e. The van der Waals surface area contributed by atoms with Crippen LogP contribution in [-0.4, -0.2) is 48.3 Å². The molecular formula is C16H34N2O. The zero-order valence-electron chi connectivity index (χ0n) is 13.2. The molecule has 3 heteroatoms. The fourth-order valence-corrected chi connectivity index (χ4v) is 3.11. The van der Waals surface area contributed by atoms with E-state index in [1.165, 1.54) is 58.0 Å². The number of unbranched alkanes of at least 4 members (excludes halogenated alkanes) is 1. The average molecular weight is 270 g/mol. The molecular weight excluding hydrogens is 236 g/mol. The van der Waals surface area contributed by atoms with Crippen molar-refractivity contribution in [1.29, 1.82) is 0 Å². The van der Waals surface area contributed by atoms with Gasteiger partial charge in [0.2, 0.25) is 0 Å². The van der Waals surface area contributed by atoms with Crippen molar-refractivity contribution in [2.45, 2.75) is 76.8 Å². The van der Waals surface area contributed by atoms with Crippen LogP contribution < -0.4 is 5.32 Å². The Balaban J connectivity index is 2.26. The van der Waals surface area contributed by atoms with Crippen LogP contribution in [0.1, 0.15) is 65.2 Å². The van der Waals surface area contributed by atoms with Crippen molar-refractivity contribution >= 4 is 0 Å². The first kappa shape index (κ1) is 16.9. The molecule has 2 atom stereocenters. The maximum Gasteiger partial charge on any atom is 0.0610 e. The summed E-state index contributed by atoms with van der Waals surface area (Å²) in [6.07, 6.45) is 10.4. The number of rotatable bonds is 8. The molecule has 0 aromatic carbocycles. The zero-order chi connectivity index (χ0) is 14.1. The van der Waals surface area contributed by atoms with Gasteiger partial charge in [-0.2, -0.15) is 0 Å². The number of hydrogen-bond donors (Lipinski definition) is 2. The van der Waals surface area contributed by atoms with Gasteiger partial charge in [0, 0.05) is 11.6 Å². The lowest BCUT2D eigenvalue weighted by molar-refractivity contribution is 0.161. The van der Waals surface area contributed by atoms with E-state index in [1.807, 2.05) is 7.05 Å². The first-order valence-corrected chi connectivity index (χ1v) is 8.19. The second-order valence-corrected chi connectivity index (χ2v) is 6.37. The fourth-order valence-electron chi connectivity index (χ4n) is 3.11. The molecule has 0 bridgehead atoms. The van der Waals surface area contributed by atoms with Crippen LogP contribution in [-0.2, 0) is 0 Å². The molecule has 0 radical (unpaired) electrons. The van der Waals surface area contributed by atoms with Crippen molar-refractivity contribution < 1.29 is 5.11 Å². The third-order valence-electron chi connectivity index (χ3n) is 4.85. The summed E-state index contributed by atoms with van der Waals surface area (Å²) >= 11 is 0. The number of aliphatic hydroxyl groups excluding tert-OH is 1. The maximum atomic E-state index is 9.38. The summed E-state index contributed by atoms with van der Waals surface area (Å²) in [5.41, 5.74) is -0.0943. The van der Waals surface area contributed by atoms with Gasteiger partial charge in [0.05, 0.1) is 6.61 Å². The van der Waals surface area contributed by atoms with E-state index in [0.717, 1.165) is 12.5 Å². The smallest absolute Gasteiger partial charge is 0.0610 e. The fraction of sp³-hybridized carbons (Fsp3) is 1.00. The van der Waals surface area contributed by atoms with Gasteiger partial charge in [-0.15, -0.1) is 0 Å². The highest BCUT2D eigenvalue weighted by Crippen LogP contribution is 2.20. The van der Waals surface area contributed by atoms with Crippen LogP contribution >= 0.6 is 0 Å². The Labute approximate surface area is 119 Å². The average Bonchev–Trinajstić information content (AvgIpc) is 2.68. The largest absolute Gasteiger partial charge is 0.394 e. The molecule has 1 aliphatic rings. The maximum absolute atomic E-state index is 9.38. The number of likely N-dealkylation sites (N-methyl/N-ethyl adjacent to an activating group) is 1. The summed E-state index contributed by atoms with van der Waals surface area (Å²) in [5, 5.41) is 12.6. The second kappa shape index (κ2) is 8.93. The quantitative estimate of drug-likeness (QED) is 0.666. The molecule has 2 unspecified atom stereocenters. The standard InChI is InChI=1S/C16H34N2O/c1-4-15-10-6-5-8-12-18(15)13-9-7-11-16(2,14-19)17-3/h15,17,19H,4-14H2,1-3H3. The predicted octanol–water partition coefficient (Wildman–Crippen LogP) is 2.78. The van der Waals surface area contributed by atoms with Crippen LogP contribution in [0.4, 0.5) is 0 Å². The van der Waals surface area contributed by atoms with Crippen LogP contribution in [0.2, 0.25) is 0 Å². The minimum absolute atomic E-state index is 0.0943. The molecule has 1 fully saturated rings. The van der Waals surface area contributed by atoms with Gasteiger partial charge in [-0.05, 0) is 59.2 Å². The molecule has 19 heavy (non-hydrogen) atoms. The Morgan fingerprint density at radius 1 is 1.26 bits per heavy atom. The van der Waals surface area contributed by atoms with Gasteiger partial charge in [-0.25, -0.2) is 0 Å². The Morgan fingerprint density at radius 3 is 2.68 bits per heavy atom. The third-order valence-corrected chi connectivity index (χ3v) is 4.85. The molecule has 1 saturated heterocycles. The van der Waals surface area contributed by atoms with Gasteiger partial charge in [0.1, 0.15) is 0 Å². The highest BCUT2D eigenvalue weighted by molar-refractivity contribution is 4.81. The van der Waals surface area contributed by atoms with E-state index < -0.39 is 0 Å². The summed E-state index contributed by atoms with van der Waals surface area (Å²) in [6.45, 7) is 7.19. The monoisotopic (exact) mass is 270 g/mol. The van der Waals surface area contributed by atoms with Crippen LogP contribution in [0, 0.1) is 0 Å². The molecule has 2 N–H and O–H groups in total. The van der Waals surface area contributed by atoms with Crippen molar-refractivity contribution in [2.24, 2.45) is 0 Å². The summed E-state index contributed by atoms with van der Waals surface area (Å²) in [6, 6.07) is 0.816. The van der Waals surface area contributed by atoms with Crippen molar-refractivity contribution in [2.75, 3.05) is 26.7 Å². The van der Waals surface area contributed by atoms with E-state index in [9.17, 15) is 5.11 Å². The number of hydrogen-bond acceptors (Lipinski definition) is 3. The molecule has 0 aromatic heterocycles. The van der Waals surface area contributed by atoms with Gasteiger partial charge < -0.3 is 15.3 Å².